The van der Waals surface area contributed by atoms with Crippen molar-refractivity contribution in [2.75, 3.05) is 31.2 Å². The molecule has 0 unspecified atom stereocenters. The van der Waals surface area contributed by atoms with Gasteiger partial charge in [0.1, 0.15) is 5.84 Å². The lowest BCUT2D eigenvalue weighted by molar-refractivity contribution is 0.152. The third kappa shape index (κ3) is 2.98. The fraction of sp³-hybridized carbons (Fsp3) is 0.417. The van der Waals surface area contributed by atoms with Gasteiger partial charge in [-0.25, -0.2) is 0 Å². The molecular weight excluding hydrogens is 282 g/mol. The Balaban J connectivity index is 2.32. The molecule has 1 saturated heterocycles. The van der Waals surface area contributed by atoms with Crippen molar-refractivity contribution in [3.63, 3.8) is 0 Å². The van der Waals surface area contributed by atoms with Gasteiger partial charge in [0.25, 0.3) is 0 Å². The lowest BCUT2D eigenvalue weighted by Gasteiger charge is -2.24. The minimum Gasteiger partial charge on any atom is -0.384 e. The van der Waals surface area contributed by atoms with Gasteiger partial charge in [0.05, 0.1) is 6.61 Å². The average molecular weight is 298 g/mol. The zero-order chi connectivity index (χ0) is 12.3. The van der Waals surface area contributed by atoms with Gasteiger partial charge in [-0.3, -0.25) is 5.41 Å². The van der Waals surface area contributed by atoms with Crippen molar-refractivity contribution in [2.24, 2.45) is 5.73 Å². The van der Waals surface area contributed by atoms with Crippen molar-refractivity contribution in [3.8, 4) is 0 Å². The molecule has 1 aliphatic heterocycles. The Morgan fingerprint density at radius 1 is 1.35 bits per heavy atom. The Morgan fingerprint density at radius 2 is 2.18 bits per heavy atom. The second-order valence-corrected chi connectivity index (χ2v) is 4.94. The van der Waals surface area contributed by atoms with Gasteiger partial charge in [-0.15, -0.1) is 0 Å². The predicted octanol–water partition coefficient (Wildman–Crippen LogP) is 1.96. The lowest BCUT2D eigenvalue weighted by Crippen LogP contribution is -2.28. The van der Waals surface area contributed by atoms with E-state index < -0.39 is 0 Å². The molecule has 1 fully saturated rings. The van der Waals surface area contributed by atoms with Gasteiger partial charge in [-0.1, -0.05) is 15.9 Å². The highest BCUT2D eigenvalue weighted by Gasteiger charge is 2.15. The van der Waals surface area contributed by atoms with Gasteiger partial charge >= 0.3 is 0 Å². The number of ether oxygens (including phenoxy) is 1. The van der Waals surface area contributed by atoms with Gasteiger partial charge in [0.2, 0.25) is 0 Å². The molecule has 92 valence electrons. The van der Waals surface area contributed by atoms with Crippen molar-refractivity contribution < 1.29 is 4.74 Å². The fourth-order valence-electron chi connectivity index (χ4n) is 1.99. The smallest absolute Gasteiger partial charge is 0.124 e. The van der Waals surface area contributed by atoms with E-state index in [1.54, 1.807) is 0 Å². The molecule has 0 amide bonds. The number of nitrogens with zero attached hydrogens (tertiary/aromatic N) is 1. The maximum atomic E-state index is 7.65. The summed E-state index contributed by atoms with van der Waals surface area (Å²) in [5.74, 6) is 0.103. The predicted molar refractivity (Wildman–Crippen MR) is 72.8 cm³/mol. The van der Waals surface area contributed by atoms with Gasteiger partial charge in [0.15, 0.2) is 0 Å². The molecule has 0 radical (unpaired) electrons. The largest absolute Gasteiger partial charge is 0.384 e. The number of halogens is 1. The normalized spacial score (nSPS) is 16.6. The number of rotatable bonds is 2. The highest BCUT2D eigenvalue weighted by Crippen LogP contribution is 2.25. The molecule has 2 rings (SSSR count). The lowest BCUT2D eigenvalue weighted by atomic mass is 10.1. The number of benzene rings is 1. The van der Waals surface area contributed by atoms with Gasteiger partial charge in [-0.05, 0) is 24.6 Å². The molecule has 0 bridgehead atoms. The first-order valence-electron chi connectivity index (χ1n) is 5.65. The Kier molecular flexibility index (Phi) is 4.02. The molecule has 1 aliphatic rings. The fourth-order valence-corrected chi connectivity index (χ4v) is 2.35. The monoisotopic (exact) mass is 297 g/mol. The quantitative estimate of drug-likeness (QED) is 0.648. The first kappa shape index (κ1) is 12.4. The molecule has 0 saturated carbocycles. The highest BCUT2D eigenvalue weighted by atomic mass is 79.9. The summed E-state index contributed by atoms with van der Waals surface area (Å²) in [6, 6.07) is 5.88. The highest BCUT2D eigenvalue weighted by molar-refractivity contribution is 9.10. The van der Waals surface area contributed by atoms with Crippen molar-refractivity contribution in [1.82, 2.24) is 0 Å². The van der Waals surface area contributed by atoms with E-state index in [9.17, 15) is 0 Å². The number of nitrogens with two attached hydrogens (primary N) is 1. The van der Waals surface area contributed by atoms with E-state index in [1.807, 2.05) is 18.2 Å². The summed E-state index contributed by atoms with van der Waals surface area (Å²) in [5.41, 5.74) is 7.43. The SMILES string of the molecule is N=C(N)c1cc(Br)ccc1N1CCCOCC1. The van der Waals surface area contributed by atoms with Crippen LogP contribution in [0.5, 0.6) is 0 Å². The van der Waals surface area contributed by atoms with Crippen LogP contribution in [0.3, 0.4) is 0 Å². The topological polar surface area (TPSA) is 62.3 Å². The van der Waals surface area contributed by atoms with Crippen LogP contribution in [0.2, 0.25) is 0 Å². The molecule has 3 N–H and O–H groups in total. The molecule has 5 heteroatoms. The summed E-state index contributed by atoms with van der Waals surface area (Å²) >= 11 is 3.41. The standard InChI is InChI=1S/C12H16BrN3O/c13-9-2-3-11(10(8-9)12(14)15)16-4-1-6-17-7-5-16/h2-3,8H,1,4-7H2,(H3,14,15). The van der Waals surface area contributed by atoms with Crippen LogP contribution in [0.4, 0.5) is 5.69 Å². The van der Waals surface area contributed by atoms with Crippen LogP contribution in [0.15, 0.2) is 22.7 Å². The van der Waals surface area contributed by atoms with Crippen molar-refractivity contribution in [3.05, 3.63) is 28.2 Å². The third-order valence-electron chi connectivity index (χ3n) is 2.81. The second-order valence-electron chi connectivity index (χ2n) is 4.03. The van der Waals surface area contributed by atoms with E-state index in [-0.39, 0.29) is 5.84 Å². The first-order chi connectivity index (χ1) is 8.18. The third-order valence-corrected chi connectivity index (χ3v) is 3.30. The minimum atomic E-state index is 0.103. The van der Waals surface area contributed by atoms with Crippen LogP contribution >= 0.6 is 15.9 Å². The number of hydrogen-bond acceptors (Lipinski definition) is 3. The van der Waals surface area contributed by atoms with E-state index in [1.165, 1.54) is 0 Å². The molecule has 0 spiro atoms. The number of nitrogens with one attached hydrogen (secondary N) is 1. The molecule has 4 nitrogen and oxygen atoms in total. The summed E-state index contributed by atoms with van der Waals surface area (Å²) in [5, 5.41) is 7.65. The van der Waals surface area contributed by atoms with Gasteiger partial charge < -0.3 is 15.4 Å². The maximum absolute atomic E-state index is 7.65. The Hall–Kier alpha value is -1.07. The van der Waals surface area contributed by atoms with E-state index in [2.05, 4.69) is 20.8 Å². The zero-order valence-electron chi connectivity index (χ0n) is 9.58. The first-order valence-corrected chi connectivity index (χ1v) is 6.44. The van der Waals surface area contributed by atoms with Crippen molar-refractivity contribution >= 4 is 27.5 Å². The van der Waals surface area contributed by atoms with Crippen LogP contribution < -0.4 is 10.6 Å². The van der Waals surface area contributed by atoms with Crippen molar-refractivity contribution in [1.29, 1.82) is 5.41 Å². The molecule has 1 aromatic rings. The molecule has 17 heavy (non-hydrogen) atoms. The zero-order valence-corrected chi connectivity index (χ0v) is 11.2. The van der Waals surface area contributed by atoms with E-state index in [0.29, 0.717) is 0 Å². The summed E-state index contributed by atoms with van der Waals surface area (Å²) in [6.45, 7) is 3.33. The minimum absolute atomic E-state index is 0.103. The second kappa shape index (κ2) is 5.51. The number of amidine groups is 1. The van der Waals surface area contributed by atoms with Gasteiger partial charge in [-0.2, -0.15) is 0 Å². The Labute approximate surface area is 109 Å². The summed E-state index contributed by atoms with van der Waals surface area (Å²) in [6.07, 6.45) is 1.01. The number of hydrogen-bond donors (Lipinski definition) is 2. The molecular formula is C12H16BrN3O. The van der Waals surface area contributed by atoms with Crippen LogP contribution in [-0.2, 0) is 4.74 Å². The number of anilines is 1. The Morgan fingerprint density at radius 3 is 2.94 bits per heavy atom. The van der Waals surface area contributed by atoms with E-state index in [4.69, 9.17) is 15.9 Å². The maximum Gasteiger partial charge on any atom is 0.124 e. The van der Waals surface area contributed by atoms with Crippen LogP contribution in [0.25, 0.3) is 0 Å². The molecule has 0 aromatic heterocycles. The van der Waals surface area contributed by atoms with Crippen LogP contribution in [0, 0.1) is 5.41 Å². The van der Waals surface area contributed by atoms with Crippen molar-refractivity contribution in [2.45, 2.75) is 6.42 Å². The van der Waals surface area contributed by atoms with E-state index >= 15 is 0 Å². The molecule has 0 atom stereocenters. The average Bonchev–Trinajstić information content (AvgIpc) is 2.57. The molecule has 1 heterocycles. The van der Waals surface area contributed by atoms with E-state index in [0.717, 1.165) is 48.4 Å². The van der Waals surface area contributed by atoms with Crippen LogP contribution in [0.1, 0.15) is 12.0 Å². The summed E-state index contributed by atoms with van der Waals surface area (Å²) < 4.78 is 6.38. The summed E-state index contributed by atoms with van der Waals surface area (Å²) in [7, 11) is 0. The van der Waals surface area contributed by atoms with Gasteiger partial charge in [0, 0.05) is 35.4 Å². The Bertz CT molecular complexity index is 414. The number of nitrogen functional groups attached to an aromatic ring is 1. The summed E-state index contributed by atoms with van der Waals surface area (Å²) in [4.78, 5) is 2.23. The molecule has 0 aliphatic carbocycles. The van der Waals surface area contributed by atoms with Crippen LogP contribution in [-0.4, -0.2) is 32.1 Å². The molecule has 1 aromatic carbocycles.